The van der Waals surface area contributed by atoms with E-state index < -0.39 is 0 Å². The number of rotatable bonds is 3. The van der Waals surface area contributed by atoms with Crippen molar-refractivity contribution < 1.29 is 4.79 Å². The Morgan fingerprint density at radius 1 is 1.53 bits per heavy atom. The summed E-state index contributed by atoms with van der Waals surface area (Å²) in [6.07, 6.45) is 4.28. The average Bonchev–Trinajstić information content (AvgIpc) is 2.64. The maximum atomic E-state index is 11.1. The Morgan fingerprint density at radius 3 is 3.07 bits per heavy atom. The number of likely N-dealkylation sites (tertiary alicyclic amines) is 1. The van der Waals surface area contributed by atoms with Gasteiger partial charge >= 0.3 is 0 Å². The van der Waals surface area contributed by atoms with Gasteiger partial charge in [0.2, 0.25) is 5.91 Å². The van der Waals surface area contributed by atoms with E-state index in [0.29, 0.717) is 18.5 Å². The van der Waals surface area contributed by atoms with E-state index >= 15 is 0 Å². The third kappa shape index (κ3) is 2.92. The van der Waals surface area contributed by atoms with Gasteiger partial charge in [-0.3, -0.25) is 9.69 Å². The van der Waals surface area contributed by atoms with Crippen molar-refractivity contribution in [2.45, 2.75) is 37.8 Å². The zero-order valence-corrected chi connectivity index (χ0v) is 9.46. The minimum absolute atomic E-state index is 0.224. The summed E-state index contributed by atoms with van der Waals surface area (Å²) in [4.78, 5) is 13.5. The molecule has 1 amide bonds. The number of nitrogens with zero attached hydrogens (tertiary/aromatic N) is 1. The molecule has 2 unspecified atom stereocenters. The summed E-state index contributed by atoms with van der Waals surface area (Å²) in [5.74, 6) is 0.224. The lowest BCUT2D eigenvalue weighted by atomic mass is 10.1. The predicted octanol–water partition coefficient (Wildman–Crippen LogP) is -0.0512. The quantitative estimate of drug-likeness (QED) is 0.688. The minimum atomic E-state index is 0.224. The zero-order chi connectivity index (χ0) is 10.7. The van der Waals surface area contributed by atoms with Crippen LogP contribution in [0.3, 0.4) is 0 Å². The molecule has 4 heteroatoms. The summed E-state index contributed by atoms with van der Waals surface area (Å²) in [5, 5.41) is 6.37. The first-order valence-electron chi connectivity index (χ1n) is 5.97. The fourth-order valence-electron chi connectivity index (χ4n) is 2.58. The van der Waals surface area contributed by atoms with Crippen molar-refractivity contribution >= 4 is 5.91 Å². The Bertz CT molecular complexity index is 232. The van der Waals surface area contributed by atoms with Crippen molar-refractivity contribution in [1.29, 1.82) is 0 Å². The van der Waals surface area contributed by atoms with Gasteiger partial charge in [-0.1, -0.05) is 0 Å². The summed E-state index contributed by atoms with van der Waals surface area (Å²) in [5.41, 5.74) is 0. The molecule has 86 valence electrons. The molecule has 0 aliphatic carbocycles. The molecule has 2 saturated heterocycles. The van der Waals surface area contributed by atoms with Crippen LogP contribution in [0.2, 0.25) is 0 Å². The lowest BCUT2D eigenvalue weighted by molar-refractivity contribution is -0.119. The molecule has 2 N–H and O–H groups in total. The number of nitrogens with one attached hydrogen (secondary N) is 2. The Balaban J connectivity index is 1.76. The Kier molecular flexibility index (Phi) is 3.59. The topological polar surface area (TPSA) is 44.4 Å². The maximum Gasteiger partial charge on any atom is 0.220 e. The molecule has 15 heavy (non-hydrogen) atoms. The van der Waals surface area contributed by atoms with Gasteiger partial charge in [0.15, 0.2) is 0 Å². The molecular weight excluding hydrogens is 190 g/mol. The van der Waals surface area contributed by atoms with Gasteiger partial charge in [0, 0.05) is 31.6 Å². The number of piperidine rings is 1. The van der Waals surface area contributed by atoms with Crippen molar-refractivity contribution in [1.82, 2.24) is 15.5 Å². The van der Waals surface area contributed by atoms with Crippen molar-refractivity contribution in [2.75, 3.05) is 26.7 Å². The first-order valence-corrected chi connectivity index (χ1v) is 5.97. The largest absolute Gasteiger partial charge is 0.352 e. The van der Waals surface area contributed by atoms with E-state index in [4.69, 9.17) is 0 Å². The SMILES string of the molecule is CNC1CCCN(CC2CCC(=O)N2)C1. The molecule has 4 nitrogen and oxygen atoms in total. The van der Waals surface area contributed by atoms with Crippen molar-refractivity contribution in [3.63, 3.8) is 0 Å². The standard InChI is InChI=1S/C11H21N3O/c1-12-9-3-2-6-14(7-9)8-10-4-5-11(15)13-10/h9-10,12H,2-8H2,1H3,(H,13,15). The first-order chi connectivity index (χ1) is 7.28. The van der Waals surface area contributed by atoms with E-state index in [-0.39, 0.29) is 5.91 Å². The summed E-state index contributed by atoms with van der Waals surface area (Å²) in [6.45, 7) is 3.34. The fourth-order valence-corrected chi connectivity index (χ4v) is 2.58. The van der Waals surface area contributed by atoms with E-state index in [1.807, 2.05) is 7.05 Å². The summed E-state index contributed by atoms with van der Waals surface area (Å²) in [7, 11) is 2.03. The molecule has 2 rings (SSSR count). The molecule has 0 spiro atoms. The third-order valence-corrected chi connectivity index (χ3v) is 3.48. The van der Waals surface area contributed by atoms with Gasteiger partial charge < -0.3 is 10.6 Å². The monoisotopic (exact) mass is 211 g/mol. The Morgan fingerprint density at radius 2 is 2.40 bits per heavy atom. The number of hydrogen-bond acceptors (Lipinski definition) is 3. The molecule has 0 aromatic heterocycles. The van der Waals surface area contributed by atoms with Crippen LogP contribution in [0.5, 0.6) is 0 Å². The lowest BCUT2D eigenvalue weighted by Gasteiger charge is -2.33. The Hall–Kier alpha value is -0.610. The Labute approximate surface area is 91.4 Å². The molecule has 2 heterocycles. The highest BCUT2D eigenvalue weighted by molar-refractivity contribution is 5.78. The number of amides is 1. The zero-order valence-electron chi connectivity index (χ0n) is 9.46. The summed E-state index contributed by atoms with van der Waals surface area (Å²) < 4.78 is 0. The van der Waals surface area contributed by atoms with E-state index in [9.17, 15) is 4.79 Å². The number of carbonyl (C=O) groups is 1. The normalized spacial score (nSPS) is 33.0. The molecule has 0 saturated carbocycles. The molecule has 0 radical (unpaired) electrons. The van der Waals surface area contributed by atoms with Crippen LogP contribution in [0.1, 0.15) is 25.7 Å². The second-order valence-corrected chi connectivity index (χ2v) is 4.69. The van der Waals surface area contributed by atoms with E-state index in [1.54, 1.807) is 0 Å². The second-order valence-electron chi connectivity index (χ2n) is 4.69. The average molecular weight is 211 g/mol. The number of hydrogen-bond donors (Lipinski definition) is 2. The van der Waals surface area contributed by atoms with Crippen LogP contribution in [0.25, 0.3) is 0 Å². The van der Waals surface area contributed by atoms with Gasteiger partial charge in [-0.2, -0.15) is 0 Å². The predicted molar refractivity (Wildman–Crippen MR) is 59.7 cm³/mol. The summed E-state index contributed by atoms with van der Waals surface area (Å²) >= 11 is 0. The maximum absolute atomic E-state index is 11.1. The fraction of sp³-hybridized carbons (Fsp3) is 0.909. The number of carbonyl (C=O) groups excluding carboxylic acids is 1. The molecular formula is C11H21N3O. The van der Waals surface area contributed by atoms with E-state index in [1.165, 1.54) is 19.4 Å². The molecule has 0 bridgehead atoms. The number of likely N-dealkylation sites (N-methyl/N-ethyl adjacent to an activating group) is 1. The van der Waals surface area contributed by atoms with Gasteiger partial charge in [0.25, 0.3) is 0 Å². The molecule has 2 aliphatic rings. The smallest absolute Gasteiger partial charge is 0.220 e. The van der Waals surface area contributed by atoms with Gasteiger partial charge in [-0.25, -0.2) is 0 Å². The van der Waals surface area contributed by atoms with Gasteiger partial charge in [-0.15, -0.1) is 0 Å². The minimum Gasteiger partial charge on any atom is -0.352 e. The van der Waals surface area contributed by atoms with Crippen LogP contribution in [-0.4, -0.2) is 49.6 Å². The highest BCUT2D eigenvalue weighted by Crippen LogP contribution is 2.13. The van der Waals surface area contributed by atoms with Crippen LogP contribution < -0.4 is 10.6 Å². The van der Waals surface area contributed by atoms with E-state index in [0.717, 1.165) is 19.5 Å². The van der Waals surface area contributed by atoms with Crippen molar-refractivity contribution in [2.24, 2.45) is 0 Å². The van der Waals surface area contributed by atoms with Crippen LogP contribution >= 0.6 is 0 Å². The lowest BCUT2D eigenvalue weighted by Crippen LogP contribution is -2.48. The van der Waals surface area contributed by atoms with Crippen LogP contribution in [0.4, 0.5) is 0 Å². The second kappa shape index (κ2) is 4.94. The molecule has 0 aromatic carbocycles. The van der Waals surface area contributed by atoms with Crippen LogP contribution in [0, 0.1) is 0 Å². The van der Waals surface area contributed by atoms with Crippen molar-refractivity contribution in [3.05, 3.63) is 0 Å². The third-order valence-electron chi connectivity index (χ3n) is 3.48. The van der Waals surface area contributed by atoms with Crippen LogP contribution in [0.15, 0.2) is 0 Å². The first kappa shape index (κ1) is 10.9. The molecule has 0 aromatic rings. The van der Waals surface area contributed by atoms with Gasteiger partial charge in [0.05, 0.1) is 0 Å². The molecule has 2 aliphatic heterocycles. The summed E-state index contributed by atoms with van der Waals surface area (Å²) in [6, 6.07) is 1.03. The highest BCUT2D eigenvalue weighted by atomic mass is 16.1. The van der Waals surface area contributed by atoms with Gasteiger partial charge in [0.1, 0.15) is 0 Å². The van der Waals surface area contributed by atoms with Crippen LogP contribution in [-0.2, 0) is 4.79 Å². The highest BCUT2D eigenvalue weighted by Gasteiger charge is 2.25. The van der Waals surface area contributed by atoms with Gasteiger partial charge in [-0.05, 0) is 32.9 Å². The molecule has 2 atom stereocenters. The van der Waals surface area contributed by atoms with Crippen molar-refractivity contribution in [3.8, 4) is 0 Å². The molecule has 2 fully saturated rings. The van der Waals surface area contributed by atoms with E-state index in [2.05, 4.69) is 15.5 Å².